The van der Waals surface area contributed by atoms with E-state index in [-0.39, 0.29) is 11.4 Å². The van der Waals surface area contributed by atoms with Gasteiger partial charge in [0.25, 0.3) is 0 Å². The van der Waals surface area contributed by atoms with Gasteiger partial charge >= 0.3 is 0 Å². The number of nitrogens with zero attached hydrogens (tertiary/aromatic N) is 3. The van der Waals surface area contributed by atoms with Gasteiger partial charge in [-0.15, -0.1) is 0 Å². The Bertz CT molecular complexity index is 405. The van der Waals surface area contributed by atoms with Crippen LogP contribution >= 0.6 is 0 Å². The van der Waals surface area contributed by atoms with Crippen molar-refractivity contribution in [3.63, 3.8) is 0 Å². The lowest BCUT2D eigenvalue weighted by molar-refractivity contribution is -0.135. The first-order chi connectivity index (χ1) is 11.0. The van der Waals surface area contributed by atoms with E-state index < -0.39 is 0 Å². The van der Waals surface area contributed by atoms with E-state index in [1.807, 2.05) is 4.90 Å². The van der Waals surface area contributed by atoms with Crippen molar-refractivity contribution in [2.45, 2.75) is 70.0 Å². The highest BCUT2D eigenvalue weighted by Gasteiger charge is 2.36. The zero-order valence-electron chi connectivity index (χ0n) is 15.0. The summed E-state index contributed by atoms with van der Waals surface area (Å²) in [5.41, 5.74) is 6.03. The van der Waals surface area contributed by atoms with E-state index in [1.54, 1.807) is 0 Å². The van der Waals surface area contributed by atoms with Gasteiger partial charge in [0.2, 0.25) is 5.91 Å². The summed E-state index contributed by atoms with van der Waals surface area (Å²) >= 11 is 0. The Morgan fingerprint density at radius 1 is 1.04 bits per heavy atom. The summed E-state index contributed by atoms with van der Waals surface area (Å²) in [6, 6.07) is 1.46. The number of carbonyl (C=O) groups is 1. The number of rotatable bonds is 5. The van der Waals surface area contributed by atoms with Gasteiger partial charge in [0, 0.05) is 63.3 Å². The third kappa shape index (κ3) is 4.06. The van der Waals surface area contributed by atoms with Crippen LogP contribution in [0.15, 0.2) is 0 Å². The molecule has 0 radical (unpaired) electrons. The standard InChI is InChI=1S/C18H34N4O/c1-15-4-5-16(2)22(15)13-10-20-8-11-21(12-9-20)17(23)14-18(19)6-3-7-18/h15-16H,3-14,19H2,1-2H3. The second-order valence-electron chi connectivity index (χ2n) is 8.13. The molecule has 2 atom stereocenters. The molecular weight excluding hydrogens is 288 g/mol. The third-order valence-electron chi connectivity index (χ3n) is 6.39. The highest BCUT2D eigenvalue weighted by Crippen LogP contribution is 2.32. The Hall–Kier alpha value is -0.650. The van der Waals surface area contributed by atoms with Crippen molar-refractivity contribution in [1.82, 2.24) is 14.7 Å². The van der Waals surface area contributed by atoms with Crippen LogP contribution in [0.25, 0.3) is 0 Å². The van der Waals surface area contributed by atoms with Crippen LogP contribution in [0.5, 0.6) is 0 Å². The molecule has 0 bridgehead atoms. The number of likely N-dealkylation sites (tertiary alicyclic amines) is 1. The fourth-order valence-electron chi connectivity index (χ4n) is 4.39. The van der Waals surface area contributed by atoms with Gasteiger partial charge in [0.15, 0.2) is 0 Å². The van der Waals surface area contributed by atoms with Gasteiger partial charge in [-0.25, -0.2) is 0 Å². The number of piperazine rings is 1. The van der Waals surface area contributed by atoms with Crippen LogP contribution in [0.2, 0.25) is 0 Å². The molecule has 2 heterocycles. The molecule has 0 aromatic heterocycles. The maximum Gasteiger partial charge on any atom is 0.224 e. The minimum Gasteiger partial charge on any atom is -0.340 e. The largest absolute Gasteiger partial charge is 0.340 e. The first-order valence-electron chi connectivity index (χ1n) is 9.52. The van der Waals surface area contributed by atoms with Crippen molar-refractivity contribution in [3.8, 4) is 0 Å². The summed E-state index contributed by atoms with van der Waals surface area (Å²) in [5.74, 6) is 0.272. The topological polar surface area (TPSA) is 52.8 Å². The zero-order chi connectivity index (χ0) is 16.4. The van der Waals surface area contributed by atoms with Crippen molar-refractivity contribution >= 4 is 5.91 Å². The molecule has 2 unspecified atom stereocenters. The summed E-state index contributed by atoms with van der Waals surface area (Å²) in [6.45, 7) is 10.8. The molecule has 0 aromatic carbocycles. The maximum atomic E-state index is 12.4. The SMILES string of the molecule is CC1CCC(C)N1CCN1CCN(C(=O)CC2(N)CCC2)CC1. The monoisotopic (exact) mass is 322 g/mol. The first kappa shape index (κ1) is 17.2. The van der Waals surface area contributed by atoms with Gasteiger partial charge < -0.3 is 10.6 Å². The zero-order valence-corrected chi connectivity index (χ0v) is 15.0. The summed E-state index contributed by atoms with van der Waals surface area (Å²) < 4.78 is 0. The summed E-state index contributed by atoms with van der Waals surface area (Å²) in [4.78, 5) is 19.6. The molecular formula is C18H34N4O. The van der Waals surface area contributed by atoms with E-state index in [9.17, 15) is 4.79 Å². The molecule has 2 aliphatic heterocycles. The fourth-order valence-corrected chi connectivity index (χ4v) is 4.39. The normalized spacial score (nSPS) is 32.0. The quantitative estimate of drug-likeness (QED) is 0.828. The van der Waals surface area contributed by atoms with Crippen LogP contribution in [-0.2, 0) is 4.79 Å². The van der Waals surface area contributed by atoms with Gasteiger partial charge in [-0.3, -0.25) is 14.6 Å². The molecule has 0 aromatic rings. The van der Waals surface area contributed by atoms with Crippen molar-refractivity contribution in [2.24, 2.45) is 5.73 Å². The van der Waals surface area contributed by atoms with Crippen LogP contribution in [0.3, 0.4) is 0 Å². The van der Waals surface area contributed by atoms with Crippen LogP contribution in [0.4, 0.5) is 0 Å². The van der Waals surface area contributed by atoms with Gasteiger partial charge in [-0.05, 0) is 46.0 Å². The first-order valence-corrected chi connectivity index (χ1v) is 9.52. The van der Waals surface area contributed by atoms with Gasteiger partial charge in [-0.1, -0.05) is 0 Å². The number of amides is 1. The Morgan fingerprint density at radius 3 is 2.17 bits per heavy atom. The predicted molar refractivity (Wildman–Crippen MR) is 93.3 cm³/mol. The molecule has 1 aliphatic carbocycles. The maximum absolute atomic E-state index is 12.4. The predicted octanol–water partition coefficient (Wildman–Crippen LogP) is 1.27. The van der Waals surface area contributed by atoms with E-state index in [1.165, 1.54) is 25.8 Å². The van der Waals surface area contributed by atoms with Crippen molar-refractivity contribution in [1.29, 1.82) is 0 Å². The Balaban J connectivity index is 1.37. The second kappa shape index (κ2) is 7.08. The average Bonchev–Trinajstić information content (AvgIpc) is 2.83. The Kier molecular flexibility index (Phi) is 5.29. The van der Waals surface area contributed by atoms with Crippen LogP contribution in [0, 0.1) is 0 Å². The van der Waals surface area contributed by atoms with Crippen molar-refractivity contribution in [3.05, 3.63) is 0 Å². The van der Waals surface area contributed by atoms with E-state index >= 15 is 0 Å². The Morgan fingerprint density at radius 2 is 1.65 bits per heavy atom. The van der Waals surface area contributed by atoms with Crippen LogP contribution in [0.1, 0.15) is 52.4 Å². The number of carbonyl (C=O) groups excluding carboxylic acids is 1. The van der Waals surface area contributed by atoms with Crippen molar-refractivity contribution < 1.29 is 4.79 Å². The van der Waals surface area contributed by atoms with E-state index in [0.29, 0.717) is 6.42 Å². The lowest BCUT2D eigenvalue weighted by atomic mass is 9.75. The molecule has 2 saturated heterocycles. The minimum atomic E-state index is -0.184. The summed E-state index contributed by atoms with van der Waals surface area (Å²) in [6.07, 6.45) is 6.45. The molecule has 3 fully saturated rings. The van der Waals surface area contributed by atoms with Gasteiger partial charge in [0.05, 0.1) is 0 Å². The highest BCUT2D eigenvalue weighted by molar-refractivity contribution is 5.77. The van der Waals surface area contributed by atoms with Crippen LogP contribution in [-0.4, -0.2) is 77.5 Å². The van der Waals surface area contributed by atoms with Crippen molar-refractivity contribution in [2.75, 3.05) is 39.3 Å². The van der Waals surface area contributed by atoms with E-state index in [4.69, 9.17) is 5.73 Å². The molecule has 3 rings (SSSR count). The highest BCUT2D eigenvalue weighted by atomic mass is 16.2. The lowest BCUT2D eigenvalue weighted by Gasteiger charge is -2.41. The fraction of sp³-hybridized carbons (Fsp3) is 0.944. The number of hydrogen-bond acceptors (Lipinski definition) is 4. The molecule has 1 amide bonds. The smallest absolute Gasteiger partial charge is 0.224 e. The molecule has 23 heavy (non-hydrogen) atoms. The number of nitrogens with two attached hydrogens (primary N) is 1. The summed E-state index contributed by atoms with van der Waals surface area (Å²) in [5, 5.41) is 0. The van der Waals surface area contributed by atoms with Gasteiger partial charge in [0.1, 0.15) is 0 Å². The van der Waals surface area contributed by atoms with Crippen LogP contribution < -0.4 is 5.73 Å². The molecule has 132 valence electrons. The Labute approximate surface area is 141 Å². The second-order valence-corrected chi connectivity index (χ2v) is 8.13. The van der Waals surface area contributed by atoms with Gasteiger partial charge in [-0.2, -0.15) is 0 Å². The molecule has 5 heteroatoms. The molecule has 2 N–H and O–H groups in total. The molecule has 5 nitrogen and oxygen atoms in total. The number of hydrogen-bond donors (Lipinski definition) is 1. The van der Waals surface area contributed by atoms with E-state index in [0.717, 1.165) is 57.6 Å². The molecule has 0 spiro atoms. The lowest BCUT2D eigenvalue weighted by Crippen LogP contribution is -2.54. The summed E-state index contributed by atoms with van der Waals surface area (Å²) in [7, 11) is 0. The molecule has 1 saturated carbocycles. The average molecular weight is 322 g/mol. The molecule has 3 aliphatic rings. The van der Waals surface area contributed by atoms with E-state index in [2.05, 4.69) is 23.6 Å². The minimum absolute atomic E-state index is 0.184. The third-order valence-corrected chi connectivity index (χ3v) is 6.39.